The molecule has 0 spiro atoms. The predicted octanol–water partition coefficient (Wildman–Crippen LogP) is 3.66. The van der Waals surface area contributed by atoms with Gasteiger partial charge in [-0.3, -0.25) is 14.9 Å². The van der Waals surface area contributed by atoms with Crippen LogP contribution in [0.15, 0.2) is 35.6 Å². The Labute approximate surface area is 245 Å². The Kier molecular flexibility index (Phi) is 9.06. The normalized spacial score (nSPS) is 21.5. The molecule has 0 amide bonds. The van der Waals surface area contributed by atoms with Gasteiger partial charge in [-0.2, -0.15) is 15.2 Å². The van der Waals surface area contributed by atoms with Crippen molar-refractivity contribution in [2.75, 3.05) is 51.8 Å². The highest BCUT2D eigenvalue weighted by Crippen LogP contribution is 2.35. The zero-order valence-corrected chi connectivity index (χ0v) is 24.6. The van der Waals surface area contributed by atoms with Gasteiger partial charge < -0.3 is 19.7 Å². The van der Waals surface area contributed by atoms with Crippen LogP contribution in [0.5, 0.6) is 6.01 Å². The highest BCUT2D eigenvalue weighted by atomic mass is 19.1. The smallest absolute Gasteiger partial charge is 0.319 e. The largest absolute Gasteiger partial charge is 0.462 e. The molecule has 3 atom stereocenters. The van der Waals surface area contributed by atoms with Crippen molar-refractivity contribution in [2.45, 2.75) is 44.9 Å². The number of likely N-dealkylation sites (N-methyl/N-ethyl adjacent to an activating group) is 1. The lowest BCUT2D eigenvalue weighted by Crippen LogP contribution is -2.51. The van der Waals surface area contributed by atoms with Gasteiger partial charge in [0.1, 0.15) is 23.6 Å². The fourth-order valence-electron chi connectivity index (χ4n) is 5.92. The summed E-state index contributed by atoms with van der Waals surface area (Å²) in [6.45, 7) is 10.6. The molecule has 3 aromatic rings. The van der Waals surface area contributed by atoms with Crippen LogP contribution >= 0.6 is 0 Å². The van der Waals surface area contributed by atoms with E-state index in [1.807, 2.05) is 44.0 Å². The van der Waals surface area contributed by atoms with Gasteiger partial charge in [0.05, 0.1) is 24.0 Å². The number of aliphatic imine (C=N–C) groups is 1. The second-order valence-electron chi connectivity index (χ2n) is 11.0. The molecule has 42 heavy (non-hydrogen) atoms. The molecule has 2 aliphatic heterocycles. The number of hydrogen-bond acceptors (Lipinski definition) is 10. The Balaban J connectivity index is 1.60. The molecule has 2 saturated heterocycles. The van der Waals surface area contributed by atoms with E-state index in [9.17, 15) is 5.26 Å². The third-order valence-corrected chi connectivity index (χ3v) is 8.15. The molecule has 0 radical (unpaired) electrons. The number of hydrogen-bond donors (Lipinski definition) is 1. The monoisotopic (exact) mass is 572 g/mol. The zero-order valence-electron chi connectivity index (χ0n) is 24.6. The molecule has 0 unspecified atom stereocenters. The average molecular weight is 573 g/mol. The Bertz CT molecular complexity index is 1520. The van der Waals surface area contributed by atoms with E-state index in [4.69, 9.17) is 14.5 Å². The highest BCUT2D eigenvalue weighted by molar-refractivity contribution is 5.93. The number of aryl methyl sites for hydroxylation is 2. The average Bonchev–Trinajstić information content (AvgIpc) is 3.35. The van der Waals surface area contributed by atoms with Gasteiger partial charge in [0.2, 0.25) is 0 Å². The second kappa shape index (κ2) is 12.9. The number of rotatable bonds is 9. The molecule has 220 valence electrons. The SMILES string of the molecule is C=N/C=C(/c1ncc2c(N3CCN[C@@H](CC#N)C3)nc(OC[C@@H]3C[C@@H](OC)CN3C)nc2c1F)c1c(C)cccc1C. The standard InChI is InChI=1S/C31H37FN8O2/c1-19-7-6-8-20(2)26(19)24(14-34-3)28-27(32)29-25(15-36-28)30(40-12-11-35-21(16-40)9-10-33)38-31(37-29)42-18-22-13-23(41-5)17-39(22)4/h6-8,14-15,21-23,35H,3,9,11-13,16-18H2,1-2,4-5H3/b24-14+/t21-,22-,23+/m0/s1. The van der Waals surface area contributed by atoms with E-state index < -0.39 is 5.82 Å². The first-order valence-corrected chi connectivity index (χ1v) is 14.1. The third kappa shape index (κ3) is 5.97. The maximum Gasteiger partial charge on any atom is 0.319 e. The lowest BCUT2D eigenvalue weighted by molar-refractivity contribution is 0.111. The van der Waals surface area contributed by atoms with Crippen molar-refractivity contribution in [3.8, 4) is 12.1 Å². The summed E-state index contributed by atoms with van der Waals surface area (Å²) >= 11 is 0. The highest BCUT2D eigenvalue weighted by Gasteiger charge is 2.31. The van der Waals surface area contributed by atoms with Gasteiger partial charge >= 0.3 is 6.01 Å². The van der Waals surface area contributed by atoms with Crippen LogP contribution < -0.4 is 15.0 Å². The molecule has 2 fully saturated rings. The molecule has 5 rings (SSSR count). The lowest BCUT2D eigenvalue weighted by atomic mass is 9.93. The molecular formula is C31H37FN8O2. The lowest BCUT2D eigenvalue weighted by Gasteiger charge is -2.34. The quantitative estimate of drug-likeness (QED) is 0.384. The minimum absolute atomic E-state index is 0.0365. The van der Waals surface area contributed by atoms with Crippen molar-refractivity contribution in [1.82, 2.24) is 25.2 Å². The Morgan fingerprint density at radius 3 is 2.76 bits per heavy atom. The fourth-order valence-corrected chi connectivity index (χ4v) is 5.92. The van der Waals surface area contributed by atoms with E-state index in [1.54, 1.807) is 13.3 Å². The number of nitrogens with zero attached hydrogens (tertiary/aromatic N) is 7. The van der Waals surface area contributed by atoms with Gasteiger partial charge in [0, 0.05) is 63.3 Å². The van der Waals surface area contributed by atoms with Crippen molar-refractivity contribution in [3.05, 3.63) is 58.8 Å². The summed E-state index contributed by atoms with van der Waals surface area (Å²) in [6.07, 6.45) is 4.47. The van der Waals surface area contributed by atoms with Crippen LogP contribution in [-0.2, 0) is 4.74 Å². The van der Waals surface area contributed by atoms with Crippen LogP contribution in [0.2, 0.25) is 0 Å². The van der Waals surface area contributed by atoms with Crippen molar-refractivity contribution < 1.29 is 13.9 Å². The topological polar surface area (TPSA) is 112 Å². The Morgan fingerprint density at radius 2 is 2.07 bits per heavy atom. The maximum atomic E-state index is 16.6. The number of nitrogens with one attached hydrogen (secondary N) is 1. The summed E-state index contributed by atoms with van der Waals surface area (Å²) in [5.41, 5.74) is 3.56. The summed E-state index contributed by atoms with van der Waals surface area (Å²) in [7, 11) is 3.74. The van der Waals surface area contributed by atoms with Crippen molar-refractivity contribution in [3.63, 3.8) is 0 Å². The molecular weight excluding hydrogens is 535 g/mol. The third-order valence-electron chi connectivity index (χ3n) is 8.15. The van der Waals surface area contributed by atoms with Crippen LogP contribution in [0.25, 0.3) is 16.5 Å². The molecule has 4 heterocycles. The van der Waals surface area contributed by atoms with Crippen LogP contribution in [-0.4, -0.2) is 91.7 Å². The first-order chi connectivity index (χ1) is 20.3. The maximum absolute atomic E-state index is 16.6. The zero-order chi connectivity index (χ0) is 29.8. The van der Waals surface area contributed by atoms with Gasteiger partial charge in [0.25, 0.3) is 0 Å². The molecule has 1 N–H and O–H groups in total. The molecule has 2 aliphatic rings. The number of pyridine rings is 1. The van der Waals surface area contributed by atoms with E-state index in [2.05, 4.69) is 38.0 Å². The van der Waals surface area contributed by atoms with E-state index in [1.165, 1.54) is 6.20 Å². The number of halogens is 1. The first kappa shape index (κ1) is 29.5. The summed E-state index contributed by atoms with van der Waals surface area (Å²) in [6, 6.07) is 8.32. The van der Waals surface area contributed by atoms with Gasteiger partial charge in [-0.1, -0.05) is 18.2 Å². The number of likely N-dealkylation sites (tertiary alicyclic amines) is 1. The van der Waals surface area contributed by atoms with E-state index in [-0.39, 0.29) is 35.4 Å². The van der Waals surface area contributed by atoms with Gasteiger partial charge in [0.15, 0.2) is 5.82 Å². The number of benzene rings is 1. The molecule has 10 nitrogen and oxygen atoms in total. The number of piperazine rings is 1. The summed E-state index contributed by atoms with van der Waals surface area (Å²) < 4.78 is 28.3. The number of ether oxygens (including phenoxy) is 2. The second-order valence-corrected chi connectivity index (χ2v) is 11.0. The molecule has 11 heteroatoms. The Hall–Kier alpha value is -3.98. The van der Waals surface area contributed by atoms with Crippen LogP contribution in [0.3, 0.4) is 0 Å². The molecule has 2 aromatic heterocycles. The van der Waals surface area contributed by atoms with Crippen LogP contribution in [0.1, 0.15) is 35.2 Å². The molecule has 0 aliphatic carbocycles. The number of aromatic nitrogens is 3. The number of nitriles is 1. The van der Waals surface area contributed by atoms with Crippen molar-refractivity contribution in [1.29, 1.82) is 5.26 Å². The minimum Gasteiger partial charge on any atom is -0.462 e. The molecule has 0 bridgehead atoms. The van der Waals surface area contributed by atoms with Crippen molar-refractivity contribution >= 4 is 29.0 Å². The summed E-state index contributed by atoms with van der Waals surface area (Å²) in [5, 5.41) is 13.1. The van der Waals surface area contributed by atoms with Crippen LogP contribution in [0, 0.1) is 31.0 Å². The Morgan fingerprint density at radius 1 is 1.29 bits per heavy atom. The summed E-state index contributed by atoms with van der Waals surface area (Å²) in [5.74, 6) is -0.0499. The summed E-state index contributed by atoms with van der Waals surface area (Å²) in [4.78, 5) is 22.2. The van der Waals surface area contributed by atoms with Gasteiger partial charge in [-0.25, -0.2) is 4.39 Å². The van der Waals surface area contributed by atoms with E-state index in [0.29, 0.717) is 49.4 Å². The van der Waals surface area contributed by atoms with E-state index in [0.717, 1.165) is 29.7 Å². The number of methoxy groups -OCH3 is 1. The van der Waals surface area contributed by atoms with Crippen LogP contribution in [0.4, 0.5) is 10.2 Å². The van der Waals surface area contributed by atoms with Gasteiger partial charge in [-0.05, 0) is 50.7 Å². The molecule has 0 saturated carbocycles. The molecule has 1 aromatic carbocycles. The number of anilines is 1. The predicted molar refractivity (Wildman–Crippen MR) is 161 cm³/mol. The minimum atomic E-state index is -0.584. The van der Waals surface area contributed by atoms with E-state index >= 15 is 4.39 Å². The first-order valence-electron chi connectivity index (χ1n) is 14.1. The van der Waals surface area contributed by atoms with Gasteiger partial charge in [-0.15, -0.1) is 0 Å². The number of fused-ring (bicyclic) bond motifs is 1. The van der Waals surface area contributed by atoms with Crippen molar-refractivity contribution in [2.24, 2.45) is 4.99 Å². The fraction of sp³-hybridized carbons (Fsp3) is 0.452.